The van der Waals surface area contributed by atoms with Gasteiger partial charge in [0.05, 0.1) is 0 Å². The molecule has 1 aliphatic rings. The van der Waals surface area contributed by atoms with Crippen molar-refractivity contribution in [3.8, 4) is 0 Å². The second-order valence-corrected chi connectivity index (χ2v) is 5.46. The summed E-state index contributed by atoms with van der Waals surface area (Å²) in [5.41, 5.74) is 2.16. The first-order chi connectivity index (χ1) is 10.8. The fourth-order valence-electron chi connectivity index (χ4n) is 2.25. The van der Waals surface area contributed by atoms with Gasteiger partial charge in [0.1, 0.15) is 6.54 Å². The van der Waals surface area contributed by atoms with Crippen molar-refractivity contribution in [1.82, 2.24) is 14.7 Å². The lowest BCUT2D eigenvalue weighted by Gasteiger charge is -2.20. The zero-order valence-electron chi connectivity index (χ0n) is 13.4. The Labute approximate surface area is 134 Å². The number of benzene rings is 1. The van der Waals surface area contributed by atoms with Crippen LogP contribution in [0.2, 0.25) is 0 Å². The number of carbonyl (C=O) groups is 4. The van der Waals surface area contributed by atoms with Crippen molar-refractivity contribution in [1.29, 1.82) is 0 Å². The van der Waals surface area contributed by atoms with Crippen molar-refractivity contribution < 1.29 is 19.2 Å². The molecule has 0 radical (unpaired) electrons. The summed E-state index contributed by atoms with van der Waals surface area (Å²) in [4.78, 5) is 49.8. The van der Waals surface area contributed by atoms with E-state index in [0.29, 0.717) is 16.3 Å². The molecule has 0 spiro atoms. The molecule has 0 bridgehead atoms. The number of imide groups is 2. The van der Waals surface area contributed by atoms with Crippen molar-refractivity contribution in [2.75, 3.05) is 20.6 Å². The number of aryl methyl sites for hydroxylation is 1. The first-order valence-electron chi connectivity index (χ1n) is 7.30. The van der Waals surface area contributed by atoms with Crippen LogP contribution in [0.3, 0.4) is 0 Å². The van der Waals surface area contributed by atoms with Crippen molar-refractivity contribution >= 4 is 23.8 Å². The van der Waals surface area contributed by atoms with E-state index in [0.717, 1.165) is 12.0 Å². The summed E-state index contributed by atoms with van der Waals surface area (Å²) in [7, 11) is 2.80. The average Bonchev–Trinajstić information content (AvgIpc) is 2.73. The summed E-state index contributed by atoms with van der Waals surface area (Å²) >= 11 is 0. The first-order valence-corrected chi connectivity index (χ1v) is 7.30. The molecule has 0 saturated carbocycles. The van der Waals surface area contributed by atoms with Gasteiger partial charge in [0, 0.05) is 20.6 Å². The number of hydrogen-bond donors (Lipinski definition) is 0. The standard InChI is InChI=1S/C16H19N3O4/c1-4-11-5-7-12(8-6-11)9-17(2)13(20)10-19-15(22)14(21)18(3)16(19)23/h5-8H,4,9-10H2,1-3H3. The van der Waals surface area contributed by atoms with Gasteiger partial charge in [-0.05, 0) is 17.5 Å². The van der Waals surface area contributed by atoms with Gasteiger partial charge in [-0.2, -0.15) is 0 Å². The van der Waals surface area contributed by atoms with Gasteiger partial charge in [-0.1, -0.05) is 31.2 Å². The molecule has 0 atom stereocenters. The summed E-state index contributed by atoms with van der Waals surface area (Å²) in [6.45, 7) is 1.99. The molecule has 23 heavy (non-hydrogen) atoms. The molecule has 122 valence electrons. The maximum atomic E-state index is 12.2. The summed E-state index contributed by atoms with van der Waals surface area (Å²) < 4.78 is 0. The molecule has 0 unspecified atom stereocenters. The highest BCUT2D eigenvalue weighted by Crippen LogP contribution is 2.11. The Balaban J connectivity index is 1.98. The monoisotopic (exact) mass is 317 g/mol. The summed E-state index contributed by atoms with van der Waals surface area (Å²) in [6, 6.07) is 7.09. The number of hydrogen-bond acceptors (Lipinski definition) is 4. The molecule has 0 aliphatic carbocycles. The predicted molar refractivity (Wildman–Crippen MR) is 82.2 cm³/mol. The normalized spacial score (nSPS) is 14.7. The predicted octanol–water partition coefficient (Wildman–Crippen LogP) is 0.628. The quantitative estimate of drug-likeness (QED) is 0.589. The molecule has 1 fully saturated rings. The van der Waals surface area contributed by atoms with Gasteiger partial charge in [-0.15, -0.1) is 0 Å². The Hall–Kier alpha value is -2.70. The molecule has 1 aromatic carbocycles. The second-order valence-electron chi connectivity index (χ2n) is 5.46. The minimum absolute atomic E-state index is 0.364. The molecule has 7 nitrogen and oxygen atoms in total. The minimum atomic E-state index is -0.966. The van der Waals surface area contributed by atoms with E-state index in [1.807, 2.05) is 24.3 Å². The van der Waals surface area contributed by atoms with Crippen molar-refractivity contribution in [3.63, 3.8) is 0 Å². The highest BCUT2D eigenvalue weighted by atomic mass is 16.2. The fraction of sp³-hybridized carbons (Fsp3) is 0.375. The summed E-state index contributed by atoms with van der Waals surface area (Å²) in [6.07, 6.45) is 0.940. The van der Waals surface area contributed by atoms with Crippen molar-refractivity contribution in [3.05, 3.63) is 35.4 Å². The number of rotatable bonds is 5. The van der Waals surface area contributed by atoms with Gasteiger partial charge in [0.15, 0.2) is 0 Å². The lowest BCUT2D eigenvalue weighted by atomic mass is 10.1. The molecule has 1 saturated heterocycles. The van der Waals surface area contributed by atoms with Crippen LogP contribution in [0, 0.1) is 0 Å². The van der Waals surface area contributed by atoms with Gasteiger partial charge < -0.3 is 4.90 Å². The molecule has 2 rings (SSSR count). The first kappa shape index (κ1) is 16.7. The molecule has 0 N–H and O–H groups in total. The minimum Gasteiger partial charge on any atom is -0.340 e. The van der Waals surface area contributed by atoms with Crippen molar-refractivity contribution in [2.24, 2.45) is 0 Å². The zero-order chi connectivity index (χ0) is 17.1. The molecular formula is C16H19N3O4. The molecule has 1 aromatic rings. The van der Waals surface area contributed by atoms with E-state index in [4.69, 9.17) is 0 Å². The van der Waals surface area contributed by atoms with Crippen LogP contribution in [0.15, 0.2) is 24.3 Å². The maximum absolute atomic E-state index is 12.2. The third-order valence-corrected chi connectivity index (χ3v) is 3.82. The Morgan fingerprint density at radius 1 is 1.04 bits per heavy atom. The van der Waals surface area contributed by atoms with Crippen molar-refractivity contribution in [2.45, 2.75) is 19.9 Å². The Bertz CT molecular complexity index is 654. The van der Waals surface area contributed by atoms with Crippen LogP contribution in [0.4, 0.5) is 4.79 Å². The summed E-state index contributed by atoms with van der Waals surface area (Å²) in [5.74, 6) is -2.29. The van der Waals surface area contributed by atoms with E-state index in [1.54, 1.807) is 7.05 Å². The zero-order valence-corrected chi connectivity index (χ0v) is 13.4. The summed E-state index contributed by atoms with van der Waals surface area (Å²) in [5, 5.41) is 0. The second kappa shape index (κ2) is 6.60. The number of urea groups is 1. The van der Waals surface area contributed by atoms with E-state index >= 15 is 0 Å². The Morgan fingerprint density at radius 2 is 1.61 bits per heavy atom. The van der Waals surface area contributed by atoms with Gasteiger partial charge in [-0.25, -0.2) is 9.69 Å². The topological polar surface area (TPSA) is 78.0 Å². The highest BCUT2D eigenvalue weighted by Gasteiger charge is 2.43. The maximum Gasteiger partial charge on any atom is 0.334 e. The van der Waals surface area contributed by atoms with Crippen LogP contribution < -0.4 is 0 Å². The number of amides is 5. The van der Waals surface area contributed by atoms with Crippen LogP contribution in [-0.2, 0) is 27.3 Å². The van der Waals surface area contributed by atoms with Gasteiger partial charge in [-0.3, -0.25) is 19.3 Å². The molecule has 5 amide bonds. The van der Waals surface area contributed by atoms with Crippen LogP contribution in [0.5, 0.6) is 0 Å². The van der Waals surface area contributed by atoms with Crippen LogP contribution in [0.1, 0.15) is 18.1 Å². The van der Waals surface area contributed by atoms with Gasteiger partial charge in [0.25, 0.3) is 0 Å². The molecule has 1 heterocycles. The molecule has 1 aliphatic heterocycles. The van der Waals surface area contributed by atoms with Gasteiger partial charge in [0.2, 0.25) is 5.91 Å². The Morgan fingerprint density at radius 3 is 2.09 bits per heavy atom. The van der Waals surface area contributed by atoms with E-state index in [1.165, 1.54) is 17.5 Å². The van der Waals surface area contributed by atoms with E-state index in [9.17, 15) is 19.2 Å². The van der Waals surface area contributed by atoms with Crippen LogP contribution >= 0.6 is 0 Å². The van der Waals surface area contributed by atoms with Crippen LogP contribution in [0.25, 0.3) is 0 Å². The average molecular weight is 317 g/mol. The lowest BCUT2D eigenvalue weighted by Crippen LogP contribution is -2.41. The van der Waals surface area contributed by atoms with Crippen LogP contribution in [-0.4, -0.2) is 59.1 Å². The fourth-order valence-corrected chi connectivity index (χ4v) is 2.25. The third kappa shape index (κ3) is 3.39. The highest BCUT2D eigenvalue weighted by molar-refractivity contribution is 6.44. The molecular weight excluding hydrogens is 298 g/mol. The number of carbonyl (C=O) groups excluding carboxylic acids is 4. The van der Waals surface area contributed by atoms with Gasteiger partial charge >= 0.3 is 17.8 Å². The van der Waals surface area contributed by atoms with E-state index in [-0.39, 0.29) is 0 Å². The molecule has 0 aromatic heterocycles. The largest absolute Gasteiger partial charge is 0.340 e. The van der Waals surface area contributed by atoms with E-state index in [2.05, 4.69) is 6.92 Å². The Kier molecular flexibility index (Phi) is 4.78. The third-order valence-electron chi connectivity index (χ3n) is 3.82. The lowest BCUT2D eigenvalue weighted by molar-refractivity contribution is -0.144. The van der Waals surface area contributed by atoms with E-state index < -0.39 is 30.3 Å². The SMILES string of the molecule is CCc1ccc(CN(C)C(=O)CN2C(=O)C(=O)N(C)C2=O)cc1. The molecule has 7 heteroatoms. The number of nitrogens with zero attached hydrogens (tertiary/aromatic N) is 3. The smallest absolute Gasteiger partial charge is 0.334 e. The number of likely N-dealkylation sites (N-methyl/N-ethyl adjacent to an activating group) is 2.